The molecule has 29 heavy (non-hydrogen) atoms. The average Bonchev–Trinajstić information content (AvgIpc) is 3.05. The van der Waals surface area contributed by atoms with E-state index in [-0.39, 0.29) is 18.2 Å². The maximum atomic E-state index is 13.3. The standard InChI is InChI=1S/C22H17F2NO4/c23-15-3-7-17(8-4-15)25-21(14-1-9-18(26)10-2-14)20(29-22(25)27)13-28-19-11-5-16(24)6-12-19/h1-12,20-21,26H,13H2/t20-,21-/m1/s1. The van der Waals surface area contributed by atoms with Crippen LogP contribution in [0.4, 0.5) is 19.3 Å². The number of cyclic esters (lactones) is 1. The summed E-state index contributed by atoms with van der Waals surface area (Å²) in [4.78, 5) is 14.1. The number of hydrogen-bond donors (Lipinski definition) is 1. The quantitative estimate of drug-likeness (QED) is 0.671. The molecule has 1 aliphatic heterocycles. The summed E-state index contributed by atoms with van der Waals surface area (Å²) in [5.41, 5.74) is 1.18. The number of phenolic OH excluding ortho intramolecular Hbond substituents is 1. The van der Waals surface area contributed by atoms with Crippen molar-refractivity contribution in [2.45, 2.75) is 12.1 Å². The van der Waals surface area contributed by atoms with Gasteiger partial charge in [-0.1, -0.05) is 12.1 Å². The van der Waals surface area contributed by atoms with Gasteiger partial charge in [0.05, 0.1) is 0 Å². The molecule has 5 nitrogen and oxygen atoms in total. The summed E-state index contributed by atoms with van der Waals surface area (Å²) >= 11 is 0. The number of benzene rings is 3. The highest BCUT2D eigenvalue weighted by Gasteiger charge is 2.44. The molecule has 1 amide bonds. The molecule has 1 N–H and O–H groups in total. The first-order chi connectivity index (χ1) is 14.0. The first-order valence-electron chi connectivity index (χ1n) is 8.94. The van der Waals surface area contributed by atoms with E-state index in [2.05, 4.69) is 0 Å². The largest absolute Gasteiger partial charge is 0.508 e. The molecule has 3 aromatic carbocycles. The first-order valence-corrected chi connectivity index (χ1v) is 8.94. The number of rotatable bonds is 5. The van der Waals surface area contributed by atoms with Crippen LogP contribution < -0.4 is 9.64 Å². The van der Waals surface area contributed by atoms with Gasteiger partial charge in [0.25, 0.3) is 0 Å². The maximum Gasteiger partial charge on any atom is 0.415 e. The van der Waals surface area contributed by atoms with Gasteiger partial charge in [-0.2, -0.15) is 0 Å². The van der Waals surface area contributed by atoms with E-state index in [1.165, 1.54) is 65.6 Å². The Morgan fingerprint density at radius 1 is 0.897 bits per heavy atom. The molecule has 1 saturated heterocycles. The summed E-state index contributed by atoms with van der Waals surface area (Å²) in [5, 5.41) is 9.60. The second-order valence-electron chi connectivity index (χ2n) is 6.57. The Morgan fingerprint density at radius 3 is 2.10 bits per heavy atom. The molecule has 0 spiro atoms. The predicted octanol–water partition coefficient (Wildman–Crippen LogP) is 4.82. The van der Waals surface area contributed by atoms with E-state index in [1.807, 2.05) is 0 Å². The van der Waals surface area contributed by atoms with Crippen LogP contribution >= 0.6 is 0 Å². The van der Waals surface area contributed by atoms with E-state index in [4.69, 9.17) is 9.47 Å². The number of amides is 1. The fourth-order valence-electron chi connectivity index (χ4n) is 3.27. The zero-order chi connectivity index (χ0) is 20.4. The lowest BCUT2D eigenvalue weighted by molar-refractivity contribution is 0.0919. The molecule has 0 aliphatic carbocycles. The normalized spacial score (nSPS) is 18.6. The molecule has 0 unspecified atom stereocenters. The summed E-state index contributed by atoms with van der Waals surface area (Å²) in [7, 11) is 0. The first kappa shape index (κ1) is 18.7. The van der Waals surface area contributed by atoms with Crippen molar-refractivity contribution in [3.63, 3.8) is 0 Å². The number of carbonyl (C=O) groups excluding carboxylic acids is 1. The number of phenols is 1. The average molecular weight is 397 g/mol. The molecule has 7 heteroatoms. The minimum atomic E-state index is -0.679. The van der Waals surface area contributed by atoms with Crippen molar-refractivity contribution in [2.75, 3.05) is 11.5 Å². The van der Waals surface area contributed by atoms with Gasteiger partial charge >= 0.3 is 6.09 Å². The summed E-state index contributed by atoms with van der Waals surface area (Å²) in [6.07, 6.45) is -1.27. The third-order valence-corrected chi connectivity index (χ3v) is 4.65. The van der Waals surface area contributed by atoms with Crippen LogP contribution in [0.5, 0.6) is 11.5 Å². The summed E-state index contributed by atoms with van der Waals surface area (Å²) in [5.74, 6) is -0.272. The Balaban J connectivity index is 1.64. The highest BCUT2D eigenvalue weighted by molar-refractivity contribution is 5.91. The monoisotopic (exact) mass is 397 g/mol. The lowest BCUT2D eigenvalue weighted by atomic mass is 10.0. The van der Waals surface area contributed by atoms with Gasteiger partial charge in [0.2, 0.25) is 0 Å². The third-order valence-electron chi connectivity index (χ3n) is 4.65. The van der Waals surface area contributed by atoms with Crippen LogP contribution in [0.3, 0.4) is 0 Å². The molecule has 0 radical (unpaired) electrons. The highest BCUT2D eigenvalue weighted by Crippen LogP contribution is 2.38. The maximum absolute atomic E-state index is 13.3. The van der Waals surface area contributed by atoms with Crippen molar-refractivity contribution < 1.29 is 28.2 Å². The SMILES string of the molecule is O=C1O[C@H](COc2ccc(F)cc2)[C@@H](c2ccc(O)cc2)N1c1ccc(F)cc1. The molecule has 0 saturated carbocycles. The van der Waals surface area contributed by atoms with Crippen LogP contribution in [-0.2, 0) is 4.74 Å². The van der Waals surface area contributed by atoms with Crippen molar-refractivity contribution in [3.05, 3.63) is 90.0 Å². The van der Waals surface area contributed by atoms with E-state index in [9.17, 15) is 18.7 Å². The van der Waals surface area contributed by atoms with Crippen molar-refractivity contribution in [1.29, 1.82) is 0 Å². The van der Waals surface area contributed by atoms with Gasteiger partial charge in [-0.3, -0.25) is 4.90 Å². The second-order valence-corrected chi connectivity index (χ2v) is 6.57. The zero-order valence-electron chi connectivity index (χ0n) is 15.2. The Morgan fingerprint density at radius 2 is 1.48 bits per heavy atom. The van der Waals surface area contributed by atoms with Crippen molar-refractivity contribution in [2.24, 2.45) is 0 Å². The Hall–Kier alpha value is -3.61. The van der Waals surface area contributed by atoms with E-state index >= 15 is 0 Å². The van der Waals surface area contributed by atoms with E-state index in [0.29, 0.717) is 17.0 Å². The molecule has 148 valence electrons. The smallest absolute Gasteiger partial charge is 0.415 e. The van der Waals surface area contributed by atoms with Crippen molar-refractivity contribution in [1.82, 2.24) is 0 Å². The van der Waals surface area contributed by atoms with Crippen molar-refractivity contribution >= 4 is 11.8 Å². The van der Waals surface area contributed by atoms with Gasteiger partial charge in [-0.05, 0) is 66.2 Å². The van der Waals surface area contributed by atoms with Crippen LogP contribution in [0, 0.1) is 11.6 Å². The van der Waals surface area contributed by atoms with Crippen LogP contribution in [0.15, 0.2) is 72.8 Å². The number of anilines is 1. The minimum Gasteiger partial charge on any atom is -0.508 e. The van der Waals surface area contributed by atoms with Crippen LogP contribution in [0.1, 0.15) is 11.6 Å². The summed E-state index contributed by atoms with van der Waals surface area (Å²) in [6, 6.07) is 16.9. The van der Waals surface area contributed by atoms with Gasteiger partial charge in [0, 0.05) is 5.69 Å². The van der Waals surface area contributed by atoms with E-state index in [0.717, 1.165) is 0 Å². The van der Waals surface area contributed by atoms with Gasteiger partial charge in [0.1, 0.15) is 35.8 Å². The molecule has 1 heterocycles. The molecular weight excluding hydrogens is 380 g/mol. The molecule has 3 aromatic rings. The minimum absolute atomic E-state index is 0.0284. The lowest BCUT2D eigenvalue weighted by Crippen LogP contribution is -2.31. The van der Waals surface area contributed by atoms with Gasteiger partial charge in [-0.25, -0.2) is 13.6 Å². The number of aromatic hydroxyl groups is 1. The molecule has 1 fully saturated rings. The van der Waals surface area contributed by atoms with Crippen LogP contribution in [0.2, 0.25) is 0 Å². The predicted molar refractivity (Wildman–Crippen MR) is 102 cm³/mol. The number of carbonyl (C=O) groups is 1. The number of hydrogen-bond acceptors (Lipinski definition) is 4. The second kappa shape index (κ2) is 7.79. The summed E-state index contributed by atoms with van der Waals surface area (Å²) < 4.78 is 37.6. The van der Waals surface area contributed by atoms with Gasteiger partial charge in [0.15, 0.2) is 6.10 Å². The van der Waals surface area contributed by atoms with E-state index < -0.39 is 24.1 Å². The van der Waals surface area contributed by atoms with Crippen LogP contribution in [0.25, 0.3) is 0 Å². The molecule has 0 bridgehead atoms. The highest BCUT2D eigenvalue weighted by atomic mass is 19.1. The number of nitrogens with zero attached hydrogens (tertiary/aromatic N) is 1. The number of ether oxygens (including phenoxy) is 2. The molecule has 0 aromatic heterocycles. The Labute approximate surface area is 165 Å². The van der Waals surface area contributed by atoms with Crippen molar-refractivity contribution in [3.8, 4) is 11.5 Å². The molecular formula is C22H17F2NO4. The fraction of sp³-hybridized carbons (Fsp3) is 0.136. The Kier molecular flexibility index (Phi) is 5.03. The summed E-state index contributed by atoms with van der Waals surface area (Å²) in [6.45, 7) is 0.0284. The number of halogens is 2. The van der Waals surface area contributed by atoms with Gasteiger partial charge in [-0.15, -0.1) is 0 Å². The van der Waals surface area contributed by atoms with Crippen LogP contribution in [-0.4, -0.2) is 23.9 Å². The molecule has 2 atom stereocenters. The molecule has 1 aliphatic rings. The van der Waals surface area contributed by atoms with Gasteiger partial charge < -0.3 is 14.6 Å². The van der Waals surface area contributed by atoms with E-state index in [1.54, 1.807) is 12.1 Å². The fourth-order valence-corrected chi connectivity index (χ4v) is 3.27. The molecule has 4 rings (SSSR count). The topological polar surface area (TPSA) is 59.0 Å². The Bertz CT molecular complexity index is 991. The zero-order valence-corrected chi connectivity index (χ0v) is 15.2. The third kappa shape index (κ3) is 3.99. The lowest BCUT2D eigenvalue weighted by Gasteiger charge is -2.25.